The Balaban J connectivity index is 3.73. The molecule has 5 heteroatoms. The topological polar surface area (TPSA) is 61.8 Å². The SMILES string of the molecule is CCCCCCCCCCCCOC(=O)CCCC(=O)OC(CCCCCC)CCCOC. The van der Waals surface area contributed by atoms with Gasteiger partial charge in [0.2, 0.25) is 0 Å². The molecule has 0 amide bonds. The third-order valence-corrected chi connectivity index (χ3v) is 6.08. The van der Waals surface area contributed by atoms with Crippen LogP contribution in [0.2, 0.25) is 0 Å². The summed E-state index contributed by atoms with van der Waals surface area (Å²) in [6.45, 7) is 5.63. The molecular formula is C28H54O5. The van der Waals surface area contributed by atoms with Crippen LogP contribution in [0.25, 0.3) is 0 Å². The van der Waals surface area contributed by atoms with E-state index in [9.17, 15) is 9.59 Å². The average molecular weight is 471 g/mol. The van der Waals surface area contributed by atoms with E-state index in [1.54, 1.807) is 7.11 Å². The molecule has 196 valence electrons. The van der Waals surface area contributed by atoms with Crippen LogP contribution in [0.1, 0.15) is 142 Å². The number of rotatable bonds is 25. The molecule has 0 aromatic carbocycles. The predicted molar refractivity (Wildman–Crippen MR) is 136 cm³/mol. The molecule has 0 saturated heterocycles. The van der Waals surface area contributed by atoms with Crippen molar-refractivity contribution in [3.05, 3.63) is 0 Å². The molecule has 0 bridgehead atoms. The molecule has 0 aliphatic carbocycles. The average Bonchev–Trinajstić information content (AvgIpc) is 2.80. The second kappa shape index (κ2) is 25.5. The lowest BCUT2D eigenvalue weighted by Gasteiger charge is -2.18. The maximum atomic E-state index is 12.2. The van der Waals surface area contributed by atoms with Crippen LogP contribution in [0, 0.1) is 0 Å². The molecule has 1 atom stereocenters. The highest BCUT2D eigenvalue weighted by molar-refractivity contribution is 5.72. The zero-order chi connectivity index (χ0) is 24.4. The van der Waals surface area contributed by atoms with Gasteiger partial charge in [-0.25, -0.2) is 0 Å². The molecule has 0 aromatic heterocycles. The minimum Gasteiger partial charge on any atom is -0.466 e. The van der Waals surface area contributed by atoms with E-state index in [0.29, 0.717) is 19.6 Å². The molecule has 0 saturated carbocycles. The highest BCUT2D eigenvalue weighted by Crippen LogP contribution is 2.15. The van der Waals surface area contributed by atoms with Gasteiger partial charge in [0.25, 0.3) is 0 Å². The number of esters is 2. The summed E-state index contributed by atoms with van der Waals surface area (Å²) in [5, 5.41) is 0. The Morgan fingerprint density at radius 1 is 0.576 bits per heavy atom. The minimum atomic E-state index is -0.199. The van der Waals surface area contributed by atoms with Crippen LogP contribution >= 0.6 is 0 Å². The molecule has 0 aliphatic rings. The lowest BCUT2D eigenvalue weighted by atomic mass is 10.1. The second-order valence-electron chi connectivity index (χ2n) is 9.35. The van der Waals surface area contributed by atoms with Crippen LogP contribution in [-0.4, -0.2) is 38.4 Å². The van der Waals surface area contributed by atoms with Crippen LogP contribution in [-0.2, 0) is 23.8 Å². The van der Waals surface area contributed by atoms with Gasteiger partial charge in [0.05, 0.1) is 6.61 Å². The Hall–Kier alpha value is -1.10. The van der Waals surface area contributed by atoms with Gasteiger partial charge in [-0.1, -0.05) is 90.9 Å². The summed E-state index contributed by atoms with van der Waals surface area (Å²) in [7, 11) is 1.69. The number of hydrogen-bond acceptors (Lipinski definition) is 5. The fourth-order valence-corrected chi connectivity index (χ4v) is 3.99. The van der Waals surface area contributed by atoms with Crippen molar-refractivity contribution in [1.82, 2.24) is 0 Å². The van der Waals surface area contributed by atoms with Crippen LogP contribution < -0.4 is 0 Å². The Morgan fingerprint density at radius 3 is 1.70 bits per heavy atom. The van der Waals surface area contributed by atoms with E-state index in [1.807, 2.05) is 0 Å². The third-order valence-electron chi connectivity index (χ3n) is 6.08. The monoisotopic (exact) mass is 470 g/mol. The van der Waals surface area contributed by atoms with E-state index in [4.69, 9.17) is 14.2 Å². The summed E-state index contributed by atoms with van der Waals surface area (Å²) in [4.78, 5) is 24.1. The first-order valence-electron chi connectivity index (χ1n) is 14.0. The smallest absolute Gasteiger partial charge is 0.306 e. The van der Waals surface area contributed by atoms with Gasteiger partial charge in [-0.15, -0.1) is 0 Å². The Kier molecular flexibility index (Phi) is 24.7. The first-order chi connectivity index (χ1) is 16.1. The standard InChI is InChI=1S/C28H54O5/c1-4-6-8-10-11-12-13-14-15-17-25-32-27(29)22-18-23-28(30)33-26(21-19-24-31-3)20-16-9-7-5-2/h26H,4-25H2,1-3H3. The van der Waals surface area contributed by atoms with E-state index < -0.39 is 0 Å². The van der Waals surface area contributed by atoms with Crippen molar-refractivity contribution in [1.29, 1.82) is 0 Å². The predicted octanol–water partition coefficient (Wildman–Crippen LogP) is 7.93. The highest BCUT2D eigenvalue weighted by atomic mass is 16.5. The summed E-state index contributed by atoms with van der Waals surface area (Å²) in [6, 6.07) is 0. The van der Waals surface area contributed by atoms with Gasteiger partial charge >= 0.3 is 11.9 Å². The van der Waals surface area contributed by atoms with E-state index in [2.05, 4.69) is 13.8 Å². The molecule has 33 heavy (non-hydrogen) atoms. The van der Waals surface area contributed by atoms with Crippen molar-refractivity contribution < 1.29 is 23.8 Å². The van der Waals surface area contributed by atoms with Crippen LogP contribution in [0.15, 0.2) is 0 Å². The van der Waals surface area contributed by atoms with Crippen LogP contribution in [0.4, 0.5) is 0 Å². The maximum absolute atomic E-state index is 12.2. The molecule has 0 radical (unpaired) electrons. The molecule has 0 heterocycles. The van der Waals surface area contributed by atoms with Gasteiger partial charge in [-0.3, -0.25) is 9.59 Å². The first kappa shape index (κ1) is 31.9. The van der Waals surface area contributed by atoms with E-state index in [0.717, 1.165) is 38.5 Å². The third kappa shape index (κ3) is 23.8. The fourth-order valence-electron chi connectivity index (χ4n) is 3.99. The first-order valence-corrected chi connectivity index (χ1v) is 14.0. The van der Waals surface area contributed by atoms with Gasteiger partial charge in [0, 0.05) is 26.6 Å². The number of unbranched alkanes of at least 4 members (excludes halogenated alkanes) is 12. The lowest BCUT2D eigenvalue weighted by molar-refractivity contribution is -0.150. The van der Waals surface area contributed by atoms with Gasteiger partial charge in [-0.2, -0.15) is 0 Å². The highest BCUT2D eigenvalue weighted by Gasteiger charge is 2.15. The molecule has 0 aromatic rings. The summed E-state index contributed by atoms with van der Waals surface area (Å²) < 4.78 is 16.1. The number of carbonyl (C=O) groups is 2. The van der Waals surface area contributed by atoms with Crippen molar-refractivity contribution in [3.63, 3.8) is 0 Å². The molecule has 1 unspecified atom stereocenters. The summed E-state index contributed by atoms with van der Waals surface area (Å²) in [5.41, 5.74) is 0. The minimum absolute atomic E-state index is 0.0344. The number of ether oxygens (including phenoxy) is 3. The van der Waals surface area contributed by atoms with Crippen molar-refractivity contribution in [2.75, 3.05) is 20.3 Å². The number of carbonyl (C=O) groups excluding carboxylic acids is 2. The van der Waals surface area contributed by atoms with Crippen molar-refractivity contribution in [2.24, 2.45) is 0 Å². The normalized spacial score (nSPS) is 12.0. The summed E-state index contributed by atoms with van der Waals surface area (Å²) in [5.74, 6) is -0.398. The molecule has 0 spiro atoms. The van der Waals surface area contributed by atoms with Gasteiger partial charge < -0.3 is 14.2 Å². The van der Waals surface area contributed by atoms with Gasteiger partial charge in [0.15, 0.2) is 0 Å². The molecular weight excluding hydrogens is 416 g/mol. The summed E-state index contributed by atoms with van der Waals surface area (Å²) in [6.07, 6.45) is 21.0. The Labute approximate surface area is 204 Å². The van der Waals surface area contributed by atoms with Crippen LogP contribution in [0.3, 0.4) is 0 Å². The fraction of sp³-hybridized carbons (Fsp3) is 0.929. The lowest BCUT2D eigenvalue weighted by Crippen LogP contribution is -2.19. The maximum Gasteiger partial charge on any atom is 0.306 e. The number of hydrogen-bond donors (Lipinski definition) is 0. The molecule has 0 rings (SSSR count). The van der Waals surface area contributed by atoms with Crippen molar-refractivity contribution >= 4 is 11.9 Å². The van der Waals surface area contributed by atoms with E-state index in [-0.39, 0.29) is 30.9 Å². The zero-order valence-corrected chi connectivity index (χ0v) is 22.2. The molecule has 5 nitrogen and oxygen atoms in total. The Morgan fingerprint density at radius 2 is 1.09 bits per heavy atom. The Bertz CT molecular complexity index is 438. The van der Waals surface area contributed by atoms with Gasteiger partial charge in [-0.05, 0) is 38.5 Å². The zero-order valence-electron chi connectivity index (χ0n) is 22.2. The van der Waals surface area contributed by atoms with E-state index >= 15 is 0 Å². The molecule has 0 N–H and O–H groups in total. The van der Waals surface area contributed by atoms with Gasteiger partial charge in [0.1, 0.15) is 6.10 Å². The summed E-state index contributed by atoms with van der Waals surface area (Å²) >= 11 is 0. The molecule has 0 aliphatic heterocycles. The largest absolute Gasteiger partial charge is 0.466 e. The van der Waals surface area contributed by atoms with Crippen molar-refractivity contribution in [2.45, 2.75) is 148 Å². The van der Waals surface area contributed by atoms with Crippen LogP contribution in [0.5, 0.6) is 0 Å². The number of methoxy groups -OCH3 is 1. The van der Waals surface area contributed by atoms with E-state index in [1.165, 1.54) is 70.6 Å². The quantitative estimate of drug-likeness (QED) is 0.100. The van der Waals surface area contributed by atoms with Crippen molar-refractivity contribution in [3.8, 4) is 0 Å². The molecule has 0 fully saturated rings. The second-order valence-corrected chi connectivity index (χ2v) is 9.35.